The lowest BCUT2D eigenvalue weighted by molar-refractivity contribution is -0.135. The van der Waals surface area contributed by atoms with E-state index < -0.39 is 18.4 Å². The minimum Gasteiger partial charge on any atom is -0.388 e. The number of aromatic nitrogens is 5. The van der Waals surface area contributed by atoms with E-state index in [-0.39, 0.29) is 18.4 Å². The van der Waals surface area contributed by atoms with Crippen LogP contribution >= 0.6 is 11.6 Å². The van der Waals surface area contributed by atoms with E-state index in [1.165, 1.54) is 6.20 Å². The fourth-order valence-corrected chi connectivity index (χ4v) is 4.29. The van der Waals surface area contributed by atoms with Crippen molar-refractivity contribution in [1.82, 2.24) is 29.8 Å². The normalized spacial score (nSPS) is 19.6. The molecule has 5 rings (SSSR count). The van der Waals surface area contributed by atoms with Crippen molar-refractivity contribution < 1.29 is 14.6 Å². The number of pyridine rings is 1. The van der Waals surface area contributed by atoms with E-state index in [0.29, 0.717) is 39.9 Å². The molecule has 36 heavy (non-hydrogen) atoms. The van der Waals surface area contributed by atoms with Crippen molar-refractivity contribution in [3.63, 3.8) is 0 Å². The van der Waals surface area contributed by atoms with Gasteiger partial charge in [0.2, 0.25) is 5.91 Å². The largest absolute Gasteiger partial charge is 0.388 e. The second-order valence-corrected chi connectivity index (χ2v) is 9.37. The number of imidazole rings is 1. The van der Waals surface area contributed by atoms with Crippen LogP contribution in [0.1, 0.15) is 32.1 Å². The van der Waals surface area contributed by atoms with Gasteiger partial charge in [0.05, 0.1) is 11.3 Å². The van der Waals surface area contributed by atoms with Gasteiger partial charge >= 0.3 is 0 Å². The smallest absolute Gasteiger partial charge is 0.249 e. The summed E-state index contributed by atoms with van der Waals surface area (Å²) in [5, 5.41) is 17.4. The number of carbonyl (C=O) groups is 1. The van der Waals surface area contributed by atoms with Crippen molar-refractivity contribution in [2.24, 2.45) is 0 Å². The monoisotopic (exact) mass is 507 g/mol. The van der Waals surface area contributed by atoms with Crippen molar-refractivity contribution in [2.75, 3.05) is 5.32 Å². The second kappa shape index (κ2) is 10.2. The molecule has 11 heteroatoms. The molecule has 186 valence electrons. The number of halogens is 1. The average molecular weight is 508 g/mol. The van der Waals surface area contributed by atoms with E-state index in [1.54, 1.807) is 23.2 Å². The number of hydrogen-bond donors (Lipinski definition) is 3. The number of benzene rings is 1. The van der Waals surface area contributed by atoms with Gasteiger partial charge in [-0.1, -0.05) is 41.9 Å². The average Bonchev–Trinajstić information content (AvgIpc) is 3.46. The molecule has 0 bridgehead atoms. The number of aliphatic hydroxyl groups is 1. The Morgan fingerprint density at radius 1 is 1.25 bits per heavy atom. The fraction of sp³-hybridized carbons (Fsp3) is 0.320. The first-order valence-electron chi connectivity index (χ1n) is 11.7. The molecule has 3 atom stereocenters. The number of fused-ring (bicyclic) bond motifs is 1. The molecule has 0 unspecified atom stereocenters. The summed E-state index contributed by atoms with van der Waals surface area (Å²) < 4.78 is 7.61. The molecule has 1 amide bonds. The summed E-state index contributed by atoms with van der Waals surface area (Å²) in [6.45, 7) is 4.27. The third-order valence-electron chi connectivity index (χ3n) is 5.77. The summed E-state index contributed by atoms with van der Waals surface area (Å²) in [7, 11) is 0. The molecule has 10 nitrogen and oxygen atoms in total. The zero-order valence-electron chi connectivity index (χ0n) is 19.8. The molecule has 3 N–H and O–H groups in total. The molecular formula is C25H26ClN7O3. The molecule has 0 saturated carbocycles. The predicted octanol–water partition coefficient (Wildman–Crippen LogP) is 3.33. The quantitative estimate of drug-likeness (QED) is 0.347. The van der Waals surface area contributed by atoms with E-state index in [2.05, 4.69) is 20.6 Å². The van der Waals surface area contributed by atoms with Crippen LogP contribution in [0.4, 0.5) is 5.82 Å². The Hall–Kier alpha value is -3.60. The SMILES string of the molecule is CC(C)NC(=O)[C@@H]1C[C@@H](O)[C@H](n2cnc3c(NCc4ccccc4)nc(-c4cncc(Cl)c4)nc32)O1. The number of nitrogens with one attached hydrogen (secondary N) is 2. The van der Waals surface area contributed by atoms with E-state index in [1.807, 2.05) is 44.2 Å². The van der Waals surface area contributed by atoms with Crippen molar-refractivity contribution in [3.05, 3.63) is 65.7 Å². The van der Waals surface area contributed by atoms with Gasteiger partial charge in [-0.15, -0.1) is 0 Å². The molecule has 0 spiro atoms. The van der Waals surface area contributed by atoms with E-state index in [4.69, 9.17) is 26.3 Å². The van der Waals surface area contributed by atoms with Crippen molar-refractivity contribution in [2.45, 2.75) is 51.3 Å². The van der Waals surface area contributed by atoms with E-state index >= 15 is 0 Å². The lowest BCUT2D eigenvalue weighted by atomic mass is 10.2. The molecule has 4 heterocycles. The van der Waals surface area contributed by atoms with Gasteiger partial charge in [-0.3, -0.25) is 14.3 Å². The van der Waals surface area contributed by atoms with Gasteiger partial charge in [0.25, 0.3) is 0 Å². The summed E-state index contributed by atoms with van der Waals surface area (Å²) in [5.41, 5.74) is 2.66. The number of ether oxygens (including phenoxy) is 1. The number of carbonyl (C=O) groups excluding carboxylic acids is 1. The summed E-state index contributed by atoms with van der Waals surface area (Å²) >= 11 is 6.17. The molecule has 0 radical (unpaired) electrons. The van der Waals surface area contributed by atoms with Crippen LogP contribution in [0.15, 0.2) is 55.1 Å². The lowest BCUT2D eigenvalue weighted by Gasteiger charge is -2.18. The van der Waals surface area contributed by atoms with Gasteiger partial charge in [0.15, 0.2) is 29.0 Å². The molecule has 4 aromatic rings. The zero-order valence-corrected chi connectivity index (χ0v) is 20.6. The number of amides is 1. The molecule has 0 aliphatic carbocycles. The maximum Gasteiger partial charge on any atom is 0.249 e. The highest BCUT2D eigenvalue weighted by atomic mass is 35.5. The predicted molar refractivity (Wildman–Crippen MR) is 135 cm³/mol. The van der Waals surface area contributed by atoms with Crippen LogP contribution in [-0.4, -0.2) is 53.8 Å². The number of rotatable bonds is 7. The Morgan fingerprint density at radius 3 is 2.81 bits per heavy atom. The number of aliphatic hydroxyl groups excluding tert-OH is 1. The zero-order chi connectivity index (χ0) is 25.2. The first kappa shape index (κ1) is 24.1. The van der Waals surface area contributed by atoms with Gasteiger partial charge in [0.1, 0.15) is 12.2 Å². The van der Waals surface area contributed by atoms with Crippen LogP contribution in [0.3, 0.4) is 0 Å². The third kappa shape index (κ3) is 5.01. The van der Waals surface area contributed by atoms with Crippen molar-refractivity contribution in [3.8, 4) is 11.4 Å². The Labute approximate surface area is 212 Å². The summed E-state index contributed by atoms with van der Waals surface area (Å²) in [4.78, 5) is 30.6. The molecular weight excluding hydrogens is 482 g/mol. The van der Waals surface area contributed by atoms with Crippen LogP contribution in [0.2, 0.25) is 5.02 Å². The minimum absolute atomic E-state index is 0.0359. The standard InChI is InChI=1S/C25H26ClN7O3/c1-14(2)30-24(35)19-9-18(34)25(36-19)33-13-29-20-22(28-10-15-6-4-3-5-7-15)31-21(32-23(20)33)16-8-17(26)12-27-11-16/h3-8,11-14,18-19,25,34H,9-10H2,1-2H3,(H,30,35)(H,28,31,32)/t18-,19+,25-/m1/s1. The van der Waals surface area contributed by atoms with Gasteiger partial charge in [-0.25, -0.2) is 15.0 Å². The molecule has 1 aromatic carbocycles. The highest BCUT2D eigenvalue weighted by Gasteiger charge is 2.40. The van der Waals surface area contributed by atoms with Crippen molar-refractivity contribution in [1.29, 1.82) is 0 Å². The minimum atomic E-state index is -0.919. The summed E-state index contributed by atoms with van der Waals surface area (Å²) in [6.07, 6.45) is 2.34. The Balaban J connectivity index is 1.53. The molecule has 1 aliphatic heterocycles. The maximum absolute atomic E-state index is 12.5. The number of anilines is 1. The van der Waals surface area contributed by atoms with Gasteiger partial charge in [0, 0.05) is 37.0 Å². The van der Waals surface area contributed by atoms with Gasteiger partial charge in [-0.2, -0.15) is 0 Å². The van der Waals surface area contributed by atoms with E-state index in [0.717, 1.165) is 5.56 Å². The Bertz CT molecular complexity index is 1380. The second-order valence-electron chi connectivity index (χ2n) is 8.93. The summed E-state index contributed by atoms with van der Waals surface area (Å²) in [5.74, 6) is 0.636. The highest BCUT2D eigenvalue weighted by molar-refractivity contribution is 6.30. The first-order chi connectivity index (χ1) is 17.4. The number of hydrogen-bond acceptors (Lipinski definition) is 8. The lowest BCUT2D eigenvalue weighted by Crippen LogP contribution is -2.38. The van der Waals surface area contributed by atoms with Crippen LogP contribution < -0.4 is 10.6 Å². The molecule has 3 aromatic heterocycles. The van der Waals surface area contributed by atoms with Crippen LogP contribution in [0.5, 0.6) is 0 Å². The van der Waals surface area contributed by atoms with Crippen molar-refractivity contribution >= 4 is 34.5 Å². The molecule has 1 saturated heterocycles. The van der Waals surface area contributed by atoms with Crippen LogP contribution in [-0.2, 0) is 16.1 Å². The molecule has 1 fully saturated rings. The number of nitrogens with zero attached hydrogens (tertiary/aromatic N) is 5. The highest BCUT2D eigenvalue weighted by Crippen LogP contribution is 2.33. The summed E-state index contributed by atoms with van der Waals surface area (Å²) in [6, 6.07) is 11.6. The van der Waals surface area contributed by atoms with Crippen LogP contribution in [0.25, 0.3) is 22.6 Å². The Kier molecular flexibility index (Phi) is 6.82. The van der Waals surface area contributed by atoms with Gasteiger partial charge in [-0.05, 0) is 25.5 Å². The first-order valence-corrected chi connectivity index (χ1v) is 12.0. The molecule has 1 aliphatic rings. The maximum atomic E-state index is 12.5. The topological polar surface area (TPSA) is 127 Å². The fourth-order valence-electron chi connectivity index (χ4n) is 4.12. The van der Waals surface area contributed by atoms with Gasteiger partial charge < -0.3 is 20.5 Å². The van der Waals surface area contributed by atoms with E-state index in [9.17, 15) is 9.90 Å². The Morgan fingerprint density at radius 2 is 2.06 bits per heavy atom. The van der Waals surface area contributed by atoms with Crippen LogP contribution in [0, 0.1) is 0 Å². The third-order valence-corrected chi connectivity index (χ3v) is 5.98.